The van der Waals surface area contributed by atoms with Crippen LogP contribution in [-0.4, -0.2) is 17.8 Å². The van der Waals surface area contributed by atoms with E-state index in [4.69, 9.17) is 4.74 Å². The molecule has 0 saturated carbocycles. The van der Waals surface area contributed by atoms with Gasteiger partial charge in [0.25, 0.3) is 11.7 Å². The highest BCUT2D eigenvalue weighted by atomic mass is 32.2. The van der Waals surface area contributed by atoms with Crippen LogP contribution in [0.15, 0.2) is 53.4 Å². The molecule has 1 N–H and O–H groups in total. The van der Waals surface area contributed by atoms with E-state index in [1.54, 1.807) is 6.07 Å². The number of hydrogen-bond acceptors (Lipinski definition) is 3. The van der Waals surface area contributed by atoms with Crippen LogP contribution in [0.3, 0.4) is 0 Å². The first-order valence-electron chi connectivity index (χ1n) is 6.72. The van der Waals surface area contributed by atoms with Gasteiger partial charge < -0.3 is 10.1 Å². The Morgan fingerprint density at radius 3 is 2.39 bits per heavy atom. The van der Waals surface area contributed by atoms with Gasteiger partial charge in [0.15, 0.2) is 17.7 Å². The second kappa shape index (κ2) is 7.92. The van der Waals surface area contributed by atoms with Crippen LogP contribution >= 0.6 is 11.8 Å². The molecule has 23 heavy (non-hydrogen) atoms. The van der Waals surface area contributed by atoms with Gasteiger partial charge in [-0.05, 0) is 43.3 Å². The van der Waals surface area contributed by atoms with Crippen molar-refractivity contribution in [3.05, 3.63) is 54.3 Å². The highest BCUT2D eigenvalue weighted by Crippen LogP contribution is 2.26. The molecule has 122 valence electrons. The first-order chi connectivity index (χ1) is 11.0. The summed E-state index contributed by atoms with van der Waals surface area (Å²) in [6.07, 6.45) is -0.915. The number of rotatable bonds is 6. The Kier molecular flexibility index (Phi) is 5.92. The van der Waals surface area contributed by atoms with Crippen LogP contribution in [0.1, 0.15) is 6.92 Å². The van der Waals surface area contributed by atoms with E-state index in [2.05, 4.69) is 5.32 Å². The van der Waals surface area contributed by atoms with Crippen LogP contribution < -0.4 is 10.1 Å². The van der Waals surface area contributed by atoms with Crippen LogP contribution in [0.2, 0.25) is 0 Å². The van der Waals surface area contributed by atoms with Gasteiger partial charge in [0.2, 0.25) is 0 Å². The number of alkyl halides is 2. The Morgan fingerprint density at radius 2 is 1.78 bits per heavy atom. The summed E-state index contributed by atoms with van der Waals surface area (Å²) >= 11 is 0.423. The highest BCUT2D eigenvalue weighted by Gasteiger charge is 2.16. The van der Waals surface area contributed by atoms with Crippen molar-refractivity contribution in [2.45, 2.75) is 23.7 Å². The highest BCUT2D eigenvalue weighted by molar-refractivity contribution is 7.99. The van der Waals surface area contributed by atoms with Crippen LogP contribution in [-0.2, 0) is 4.79 Å². The molecule has 0 saturated heterocycles. The molecule has 2 rings (SSSR count). The first kappa shape index (κ1) is 17.2. The molecule has 3 nitrogen and oxygen atoms in total. The minimum atomic E-state index is -2.50. The zero-order chi connectivity index (χ0) is 16.8. The van der Waals surface area contributed by atoms with Gasteiger partial charge in [-0.25, -0.2) is 4.39 Å². The number of halogens is 3. The van der Waals surface area contributed by atoms with Crippen molar-refractivity contribution in [3.8, 4) is 5.75 Å². The van der Waals surface area contributed by atoms with Crippen LogP contribution in [0.4, 0.5) is 18.9 Å². The Bertz CT molecular complexity index is 665. The van der Waals surface area contributed by atoms with E-state index in [1.165, 1.54) is 49.4 Å². The van der Waals surface area contributed by atoms with Crippen molar-refractivity contribution in [1.29, 1.82) is 0 Å². The summed E-state index contributed by atoms with van der Waals surface area (Å²) in [5, 5.41) is 2.58. The predicted molar refractivity (Wildman–Crippen MR) is 83.4 cm³/mol. The third-order valence-electron chi connectivity index (χ3n) is 2.86. The molecule has 0 spiro atoms. The number of hydrogen-bond donors (Lipinski definition) is 1. The third kappa shape index (κ3) is 5.21. The summed E-state index contributed by atoms with van der Waals surface area (Å²) < 4.78 is 43.2. The number of para-hydroxylation sites is 1. The summed E-state index contributed by atoms with van der Waals surface area (Å²) in [5.41, 5.74) is 0.442. The lowest BCUT2D eigenvalue weighted by Crippen LogP contribution is -2.30. The fourth-order valence-corrected chi connectivity index (χ4v) is 2.25. The molecular weight excluding hydrogens is 327 g/mol. The fraction of sp³-hybridized carbons (Fsp3) is 0.188. The Morgan fingerprint density at radius 1 is 1.13 bits per heavy atom. The van der Waals surface area contributed by atoms with Gasteiger partial charge in [0, 0.05) is 10.6 Å². The zero-order valence-corrected chi connectivity index (χ0v) is 12.9. The van der Waals surface area contributed by atoms with Crippen LogP contribution in [0.25, 0.3) is 0 Å². The van der Waals surface area contributed by atoms with Crippen molar-refractivity contribution in [1.82, 2.24) is 0 Å². The van der Waals surface area contributed by atoms with Crippen molar-refractivity contribution in [2.24, 2.45) is 0 Å². The Labute approximate surface area is 135 Å². The van der Waals surface area contributed by atoms with Gasteiger partial charge >= 0.3 is 0 Å². The van der Waals surface area contributed by atoms with Crippen molar-refractivity contribution < 1.29 is 22.7 Å². The molecule has 1 atom stereocenters. The number of carbonyl (C=O) groups is 1. The van der Waals surface area contributed by atoms with Gasteiger partial charge in [-0.15, -0.1) is 0 Å². The Hall–Kier alpha value is -2.15. The molecule has 0 aliphatic heterocycles. The van der Waals surface area contributed by atoms with E-state index in [0.29, 0.717) is 22.3 Å². The molecule has 0 aromatic heterocycles. The zero-order valence-electron chi connectivity index (χ0n) is 12.1. The van der Waals surface area contributed by atoms with Crippen LogP contribution in [0.5, 0.6) is 5.75 Å². The standard InChI is InChI=1S/C16H14F3NO2S/c1-10(22-14-5-3-2-4-13(14)17)15(21)20-11-6-8-12(9-7-11)23-16(18)19/h2-10,16H,1H3,(H,20,21). The summed E-state index contributed by atoms with van der Waals surface area (Å²) in [6.45, 7) is 1.49. The summed E-state index contributed by atoms with van der Waals surface area (Å²) in [5.74, 6) is -3.54. The molecule has 2 aromatic rings. The number of benzene rings is 2. The van der Waals surface area contributed by atoms with E-state index >= 15 is 0 Å². The number of amides is 1. The SMILES string of the molecule is CC(Oc1ccccc1F)C(=O)Nc1ccc(SC(F)F)cc1. The lowest BCUT2D eigenvalue weighted by atomic mass is 10.3. The molecule has 7 heteroatoms. The topological polar surface area (TPSA) is 38.3 Å². The second-order valence-corrected chi connectivity index (χ2v) is 5.65. The maximum atomic E-state index is 13.5. The van der Waals surface area contributed by atoms with E-state index in [1.807, 2.05) is 0 Å². The number of anilines is 1. The average molecular weight is 341 g/mol. The van der Waals surface area contributed by atoms with Crippen molar-refractivity contribution in [2.75, 3.05) is 5.32 Å². The van der Waals surface area contributed by atoms with E-state index < -0.39 is 23.6 Å². The number of ether oxygens (including phenoxy) is 1. The molecule has 0 radical (unpaired) electrons. The van der Waals surface area contributed by atoms with Gasteiger partial charge in [-0.2, -0.15) is 8.78 Å². The smallest absolute Gasteiger partial charge is 0.288 e. The first-order valence-corrected chi connectivity index (χ1v) is 7.60. The lowest BCUT2D eigenvalue weighted by molar-refractivity contribution is -0.122. The van der Waals surface area contributed by atoms with E-state index in [0.717, 1.165) is 0 Å². The average Bonchev–Trinajstić information content (AvgIpc) is 2.51. The largest absolute Gasteiger partial charge is 0.478 e. The second-order valence-electron chi connectivity index (χ2n) is 4.58. The Balaban J connectivity index is 1.94. The summed E-state index contributed by atoms with van der Waals surface area (Å²) in [7, 11) is 0. The summed E-state index contributed by atoms with van der Waals surface area (Å²) in [6, 6.07) is 11.8. The van der Waals surface area contributed by atoms with Gasteiger partial charge in [-0.3, -0.25) is 4.79 Å². The molecule has 0 fully saturated rings. The molecule has 0 bridgehead atoms. The minimum absolute atomic E-state index is 0.0150. The maximum absolute atomic E-state index is 13.5. The van der Waals surface area contributed by atoms with Gasteiger partial charge in [0.1, 0.15) is 0 Å². The predicted octanol–water partition coefficient (Wildman–Crippen LogP) is 4.55. The quantitative estimate of drug-likeness (QED) is 0.784. The summed E-state index contributed by atoms with van der Waals surface area (Å²) in [4.78, 5) is 12.4. The van der Waals surface area contributed by atoms with Gasteiger partial charge in [-0.1, -0.05) is 23.9 Å². The molecule has 0 aliphatic rings. The molecular formula is C16H14F3NO2S. The lowest BCUT2D eigenvalue weighted by Gasteiger charge is -2.15. The minimum Gasteiger partial charge on any atom is -0.478 e. The number of nitrogens with one attached hydrogen (secondary N) is 1. The van der Waals surface area contributed by atoms with E-state index in [-0.39, 0.29) is 5.75 Å². The fourth-order valence-electron chi connectivity index (χ4n) is 1.75. The molecule has 2 aromatic carbocycles. The third-order valence-corrected chi connectivity index (χ3v) is 3.58. The monoisotopic (exact) mass is 341 g/mol. The van der Waals surface area contributed by atoms with Gasteiger partial charge in [0.05, 0.1) is 0 Å². The van der Waals surface area contributed by atoms with Crippen LogP contribution in [0, 0.1) is 5.82 Å². The number of carbonyl (C=O) groups excluding carboxylic acids is 1. The maximum Gasteiger partial charge on any atom is 0.288 e. The van der Waals surface area contributed by atoms with Crippen molar-refractivity contribution in [3.63, 3.8) is 0 Å². The normalized spacial score (nSPS) is 12.0. The number of thioether (sulfide) groups is 1. The molecule has 0 heterocycles. The molecule has 1 unspecified atom stereocenters. The molecule has 1 amide bonds. The molecule has 0 aliphatic carbocycles. The van der Waals surface area contributed by atoms with Crippen molar-refractivity contribution >= 4 is 23.4 Å². The van der Waals surface area contributed by atoms with E-state index in [9.17, 15) is 18.0 Å².